The summed E-state index contributed by atoms with van der Waals surface area (Å²) in [5, 5.41) is 2.97. The van der Waals surface area contributed by atoms with Crippen LogP contribution in [-0.4, -0.2) is 48.1 Å². The smallest absolute Gasteiger partial charge is 0.234 e. The standard InChI is InChI=1S/C17H22N4O2/c1-21(11-14-6-9-18-10-7-14)12-17(22)20-16(13-23-2)15-5-3-4-8-19-15/h3-10,16H,11-13H2,1-2H3,(H,20,22)/t16-/m1/s1. The van der Waals surface area contributed by atoms with E-state index in [1.807, 2.05) is 42.3 Å². The number of aromatic nitrogens is 2. The molecule has 23 heavy (non-hydrogen) atoms. The van der Waals surface area contributed by atoms with Crippen LogP contribution in [0.4, 0.5) is 0 Å². The average Bonchev–Trinajstić information content (AvgIpc) is 2.56. The van der Waals surface area contributed by atoms with Crippen molar-refractivity contribution in [3.05, 3.63) is 60.2 Å². The maximum Gasteiger partial charge on any atom is 0.234 e. The summed E-state index contributed by atoms with van der Waals surface area (Å²) in [5.41, 5.74) is 1.91. The molecule has 2 heterocycles. The lowest BCUT2D eigenvalue weighted by Gasteiger charge is -2.20. The molecular weight excluding hydrogens is 292 g/mol. The van der Waals surface area contributed by atoms with Gasteiger partial charge in [-0.1, -0.05) is 6.07 Å². The lowest BCUT2D eigenvalue weighted by molar-refractivity contribution is -0.123. The van der Waals surface area contributed by atoms with Gasteiger partial charge < -0.3 is 10.1 Å². The Kier molecular flexibility index (Phi) is 6.65. The van der Waals surface area contributed by atoms with Crippen molar-refractivity contribution in [1.82, 2.24) is 20.2 Å². The van der Waals surface area contributed by atoms with Crippen molar-refractivity contribution in [2.45, 2.75) is 12.6 Å². The van der Waals surface area contributed by atoms with Gasteiger partial charge in [-0.3, -0.25) is 19.7 Å². The van der Waals surface area contributed by atoms with Gasteiger partial charge >= 0.3 is 0 Å². The minimum absolute atomic E-state index is 0.0609. The van der Waals surface area contributed by atoms with Gasteiger partial charge in [0.25, 0.3) is 0 Å². The number of pyridine rings is 2. The van der Waals surface area contributed by atoms with Crippen LogP contribution in [0.3, 0.4) is 0 Å². The zero-order valence-electron chi connectivity index (χ0n) is 13.5. The van der Waals surface area contributed by atoms with Crippen molar-refractivity contribution in [2.24, 2.45) is 0 Å². The summed E-state index contributed by atoms with van der Waals surface area (Å²) in [7, 11) is 3.52. The van der Waals surface area contributed by atoms with E-state index in [0.29, 0.717) is 19.7 Å². The molecule has 0 spiro atoms. The molecule has 6 heteroatoms. The second-order valence-electron chi connectivity index (χ2n) is 5.36. The van der Waals surface area contributed by atoms with Crippen molar-refractivity contribution >= 4 is 5.91 Å². The molecule has 0 radical (unpaired) electrons. The number of carbonyl (C=O) groups is 1. The largest absolute Gasteiger partial charge is 0.382 e. The Morgan fingerprint density at radius 3 is 2.70 bits per heavy atom. The minimum atomic E-state index is -0.247. The van der Waals surface area contributed by atoms with Gasteiger partial charge in [0.1, 0.15) is 0 Å². The van der Waals surface area contributed by atoms with E-state index in [0.717, 1.165) is 11.3 Å². The lowest BCUT2D eigenvalue weighted by atomic mass is 10.2. The van der Waals surface area contributed by atoms with E-state index in [9.17, 15) is 4.79 Å². The number of nitrogens with zero attached hydrogens (tertiary/aromatic N) is 3. The van der Waals surface area contributed by atoms with Crippen LogP contribution in [0.1, 0.15) is 17.3 Å². The van der Waals surface area contributed by atoms with Gasteiger partial charge in [0.05, 0.1) is 24.9 Å². The maximum absolute atomic E-state index is 12.3. The van der Waals surface area contributed by atoms with Gasteiger partial charge in [0.15, 0.2) is 0 Å². The highest BCUT2D eigenvalue weighted by atomic mass is 16.5. The third-order valence-electron chi connectivity index (χ3n) is 3.33. The summed E-state index contributed by atoms with van der Waals surface area (Å²) in [6.45, 7) is 1.38. The number of carbonyl (C=O) groups excluding carboxylic acids is 1. The Balaban J connectivity index is 1.89. The number of methoxy groups -OCH3 is 1. The molecule has 0 unspecified atom stereocenters. The SMILES string of the molecule is COC[C@@H](NC(=O)CN(C)Cc1ccncc1)c1ccccn1. The first kappa shape index (κ1) is 17.1. The molecule has 0 aromatic carbocycles. The Morgan fingerprint density at radius 2 is 2.04 bits per heavy atom. The molecule has 2 rings (SSSR count). The summed E-state index contributed by atoms with van der Waals surface area (Å²) < 4.78 is 5.18. The summed E-state index contributed by atoms with van der Waals surface area (Å²) in [5.74, 6) is -0.0609. The van der Waals surface area contributed by atoms with Gasteiger partial charge in [-0.25, -0.2) is 0 Å². The first-order chi connectivity index (χ1) is 11.2. The number of hydrogen-bond donors (Lipinski definition) is 1. The van der Waals surface area contributed by atoms with Gasteiger partial charge in [0.2, 0.25) is 5.91 Å². The van der Waals surface area contributed by atoms with Crippen LogP contribution in [-0.2, 0) is 16.1 Å². The fourth-order valence-corrected chi connectivity index (χ4v) is 2.29. The van der Waals surface area contributed by atoms with E-state index in [-0.39, 0.29) is 11.9 Å². The predicted octanol–water partition coefficient (Wildman–Crippen LogP) is 1.41. The Hall–Kier alpha value is -2.31. The highest BCUT2D eigenvalue weighted by Crippen LogP contribution is 2.10. The summed E-state index contributed by atoms with van der Waals surface area (Å²) in [6.07, 6.45) is 5.21. The second kappa shape index (κ2) is 8.97. The van der Waals surface area contributed by atoms with Crippen LogP contribution in [0.25, 0.3) is 0 Å². The molecule has 122 valence electrons. The summed E-state index contributed by atoms with van der Waals surface area (Å²) in [4.78, 5) is 22.5. The number of rotatable bonds is 8. The first-order valence-corrected chi connectivity index (χ1v) is 7.45. The van der Waals surface area contributed by atoms with E-state index in [1.54, 1.807) is 25.7 Å². The van der Waals surface area contributed by atoms with Crippen molar-refractivity contribution in [1.29, 1.82) is 0 Å². The van der Waals surface area contributed by atoms with Crippen molar-refractivity contribution in [3.8, 4) is 0 Å². The highest BCUT2D eigenvalue weighted by Gasteiger charge is 2.16. The topological polar surface area (TPSA) is 67.3 Å². The van der Waals surface area contributed by atoms with Gasteiger partial charge in [-0.15, -0.1) is 0 Å². The van der Waals surface area contributed by atoms with E-state index < -0.39 is 0 Å². The normalized spacial score (nSPS) is 12.1. The molecule has 0 aliphatic carbocycles. The molecule has 1 amide bonds. The van der Waals surface area contributed by atoms with Gasteiger partial charge in [-0.2, -0.15) is 0 Å². The van der Waals surface area contributed by atoms with E-state index >= 15 is 0 Å². The fraction of sp³-hybridized carbons (Fsp3) is 0.353. The third-order valence-corrected chi connectivity index (χ3v) is 3.33. The molecule has 1 N–H and O–H groups in total. The zero-order chi connectivity index (χ0) is 16.5. The molecule has 6 nitrogen and oxygen atoms in total. The molecule has 1 atom stereocenters. The molecule has 2 aromatic rings. The van der Waals surface area contributed by atoms with E-state index in [2.05, 4.69) is 15.3 Å². The van der Waals surface area contributed by atoms with Crippen LogP contribution < -0.4 is 5.32 Å². The minimum Gasteiger partial charge on any atom is -0.382 e. The van der Waals surface area contributed by atoms with Crippen LogP contribution in [0, 0.1) is 0 Å². The molecular formula is C17H22N4O2. The van der Waals surface area contributed by atoms with Crippen LogP contribution >= 0.6 is 0 Å². The Labute approximate surface area is 136 Å². The number of ether oxygens (including phenoxy) is 1. The third kappa shape index (κ3) is 5.77. The maximum atomic E-state index is 12.3. The second-order valence-corrected chi connectivity index (χ2v) is 5.36. The first-order valence-electron chi connectivity index (χ1n) is 7.45. The average molecular weight is 314 g/mol. The number of hydrogen-bond acceptors (Lipinski definition) is 5. The van der Waals surface area contributed by atoms with Crippen LogP contribution in [0.15, 0.2) is 48.9 Å². The highest BCUT2D eigenvalue weighted by molar-refractivity contribution is 5.78. The van der Waals surface area contributed by atoms with Gasteiger partial charge in [-0.05, 0) is 36.9 Å². The molecule has 0 saturated carbocycles. The van der Waals surface area contributed by atoms with Crippen LogP contribution in [0.5, 0.6) is 0 Å². The number of nitrogens with one attached hydrogen (secondary N) is 1. The van der Waals surface area contributed by atoms with Gasteiger partial charge in [0, 0.05) is 32.2 Å². The summed E-state index contributed by atoms with van der Waals surface area (Å²) in [6, 6.07) is 9.25. The Morgan fingerprint density at radius 1 is 1.26 bits per heavy atom. The predicted molar refractivity (Wildman–Crippen MR) is 87.6 cm³/mol. The molecule has 2 aromatic heterocycles. The molecule has 0 bridgehead atoms. The van der Waals surface area contributed by atoms with Crippen molar-refractivity contribution < 1.29 is 9.53 Å². The molecule has 0 aliphatic rings. The van der Waals surface area contributed by atoms with E-state index in [1.165, 1.54) is 0 Å². The fourth-order valence-electron chi connectivity index (χ4n) is 2.29. The monoisotopic (exact) mass is 314 g/mol. The number of likely N-dealkylation sites (N-methyl/N-ethyl adjacent to an activating group) is 1. The Bertz CT molecular complexity index is 592. The van der Waals surface area contributed by atoms with Crippen LogP contribution in [0.2, 0.25) is 0 Å². The molecule has 0 saturated heterocycles. The summed E-state index contributed by atoms with van der Waals surface area (Å²) >= 11 is 0. The zero-order valence-corrected chi connectivity index (χ0v) is 13.5. The van der Waals surface area contributed by atoms with Crippen molar-refractivity contribution in [3.63, 3.8) is 0 Å². The quantitative estimate of drug-likeness (QED) is 0.798. The molecule has 0 fully saturated rings. The molecule has 0 aliphatic heterocycles. The van der Waals surface area contributed by atoms with E-state index in [4.69, 9.17) is 4.74 Å². The number of amides is 1. The van der Waals surface area contributed by atoms with Crippen molar-refractivity contribution in [2.75, 3.05) is 27.3 Å². The lowest BCUT2D eigenvalue weighted by Crippen LogP contribution is -2.38.